The summed E-state index contributed by atoms with van der Waals surface area (Å²) in [6.45, 7) is 0. The molecule has 1 N–H and O–H groups in total. The molecular weight excluding hydrogens is 268 g/mol. The normalized spacial score (nSPS) is 21.2. The summed E-state index contributed by atoms with van der Waals surface area (Å²) >= 11 is 0. The fraction of sp³-hybridized carbons (Fsp3) is 0.0476. The van der Waals surface area contributed by atoms with E-state index in [4.69, 9.17) is 0 Å². The molecule has 1 unspecified atom stereocenters. The highest BCUT2D eigenvalue weighted by Crippen LogP contribution is 2.53. The van der Waals surface area contributed by atoms with E-state index < -0.39 is 5.60 Å². The summed E-state index contributed by atoms with van der Waals surface area (Å²) in [6.07, 6.45) is 2.08. The van der Waals surface area contributed by atoms with E-state index >= 15 is 0 Å². The summed E-state index contributed by atoms with van der Waals surface area (Å²) in [5.74, 6) is 0. The van der Waals surface area contributed by atoms with Crippen LogP contribution in [0.1, 0.15) is 22.3 Å². The van der Waals surface area contributed by atoms with Gasteiger partial charge >= 0.3 is 0 Å². The first-order valence-electron chi connectivity index (χ1n) is 7.45. The molecule has 4 rings (SSSR count). The maximum atomic E-state index is 11.4. The molecule has 0 saturated carbocycles. The Kier molecular flexibility index (Phi) is 2.95. The minimum absolute atomic E-state index is 0.913. The van der Waals surface area contributed by atoms with Crippen molar-refractivity contribution in [3.05, 3.63) is 107 Å². The maximum Gasteiger partial charge on any atom is 0.141 e. The van der Waals surface area contributed by atoms with Crippen LogP contribution in [0.2, 0.25) is 0 Å². The molecule has 0 fully saturated rings. The second kappa shape index (κ2) is 4.97. The molecule has 0 heterocycles. The van der Waals surface area contributed by atoms with Crippen LogP contribution in [0, 0.1) is 0 Å². The van der Waals surface area contributed by atoms with Crippen LogP contribution < -0.4 is 0 Å². The molecule has 1 atom stereocenters. The van der Waals surface area contributed by atoms with Gasteiger partial charge in [-0.2, -0.15) is 0 Å². The van der Waals surface area contributed by atoms with Gasteiger partial charge in [-0.25, -0.2) is 0 Å². The first kappa shape index (κ1) is 13.1. The van der Waals surface area contributed by atoms with E-state index in [-0.39, 0.29) is 0 Å². The van der Waals surface area contributed by atoms with Crippen molar-refractivity contribution in [2.24, 2.45) is 0 Å². The average Bonchev–Trinajstić information content (AvgIpc) is 2.61. The summed E-state index contributed by atoms with van der Waals surface area (Å²) in [5, 5.41) is 11.4. The molecule has 0 amide bonds. The summed E-state index contributed by atoms with van der Waals surface area (Å²) in [6, 6.07) is 28.1. The monoisotopic (exact) mass is 284 g/mol. The van der Waals surface area contributed by atoms with E-state index in [0.717, 1.165) is 27.8 Å². The smallest absolute Gasteiger partial charge is 0.141 e. The lowest BCUT2D eigenvalue weighted by molar-refractivity contribution is 0.132. The van der Waals surface area contributed by atoms with Crippen LogP contribution in [0.25, 0.3) is 11.6 Å². The van der Waals surface area contributed by atoms with Gasteiger partial charge in [0.1, 0.15) is 5.60 Å². The molecule has 0 radical (unpaired) electrons. The number of hydrogen-bond donors (Lipinski definition) is 1. The van der Waals surface area contributed by atoms with E-state index in [9.17, 15) is 5.11 Å². The third-order valence-corrected chi connectivity index (χ3v) is 4.30. The van der Waals surface area contributed by atoms with E-state index in [1.54, 1.807) is 0 Å². The van der Waals surface area contributed by atoms with Crippen LogP contribution in [0.5, 0.6) is 0 Å². The van der Waals surface area contributed by atoms with Crippen molar-refractivity contribution in [1.82, 2.24) is 0 Å². The standard InChI is InChI=1S/C21H16O/c22-21(17-11-5-2-6-12-17)19-14-8-7-13-18(19)20(21)15-16-9-3-1-4-10-16/h1-15,22H/b20-15+. The van der Waals surface area contributed by atoms with Crippen molar-refractivity contribution in [2.45, 2.75) is 5.60 Å². The van der Waals surface area contributed by atoms with Gasteiger partial charge in [-0.15, -0.1) is 0 Å². The Labute approximate surface area is 130 Å². The number of hydrogen-bond acceptors (Lipinski definition) is 1. The number of fused-ring (bicyclic) bond motifs is 1. The molecule has 0 saturated heterocycles. The molecule has 3 aromatic carbocycles. The predicted molar refractivity (Wildman–Crippen MR) is 90.2 cm³/mol. The highest BCUT2D eigenvalue weighted by Gasteiger charge is 2.46. The quantitative estimate of drug-likeness (QED) is 0.735. The van der Waals surface area contributed by atoms with Crippen LogP contribution in [0.15, 0.2) is 84.9 Å². The third-order valence-electron chi connectivity index (χ3n) is 4.30. The number of aliphatic hydroxyl groups is 1. The van der Waals surface area contributed by atoms with E-state index in [2.05, 4.69) is 24.3 Å². The molecule has 106 valence electrons. The lowest BCUT2D eigenvalue weighted by atomic mass is 9.65. The topological polar surface area (TPSA) is 20.2 Å². The zero-order chi connectivity index (χ0) is 15.0. The Morgan fingerprint density at radius 3 is 2.00 bits per heavy atom. The third kappa shape index (κ3) is 1.83. The summed E-state index contributed by atoms with van der Waals surface area (Å²) in [7, 11) is 0. The Morgan fingerprint density at radius 1 is 0.682 bits per heavy atom. The largest absolute Gasteiger partial charge is 0.376 e. The number of rotatable bonds is 2. The molecular formula is C21H16O. The zero-order valence-corrected chi connectivity index (χ0v) is 12.1. The van der Waals surface area contributed by atoms with Gasteiger partial charge in [0.05, 0.1) is 0 Å². The Bertz CT molecular complexity index is 834. The Balaban J connectivity index is 1.92. The van der Waals surface area contributed by atoms with Crippen LogP contribution in [0.4, 0.5) is 0 Å². The molecule has 0 aromatic heterocycles. The highest BCUT2D eigenvalue weighted by atomic mass is 16.3. The van der Waals surface area contributed by atoms with Gasteiger partial charge in [-0.05, 0) is 22.8 Å². The van der Waals surface area contributed by atoms with Gasteiger partial charge in [0.15, 0.2) is 0 Å². The Morgan fingerprint density at radius 2 is 1.27 bits per heavy atom. The lowest BCUT2D eigenvalue weighted by Crippen LogP contribution is -2.38. The van der Waals surface area contributed by atoms with Crippen molar-refractivity contribution in [1.29, 1.82) is 0 Å². The predicted octanol–water partition coefficient (Wildman–Crippen LogP) is 4.48. The summed E-state index contributed by atoms with van der Waals surface area (Å²) < 4.78 is 0. The van der Waals surface area contributed by atoms with Crippen LogP contribution in [-0.2, 0) is 5.60 Å². The lowest BCUT2D eigenvalue weighted by Gasteiger charge is -2.43. The molecule has 1 nitrogen and oxygen atoms in total. The average molecular weight is 284 g/mol. The van der Waals surface area contributed by atoms with Gasteiger partial charge in [-0.1, -0.05) is 84.9 Å². The van der Waals surface area contributed by atoms with Crippen molar-refractivity contribution in [3.8, 4) is 0 Å². The molecule has 0 bridgehead atoms. The fourth-order valence-electron chi connectivity index (χ4n) is 3.20. The molecule has 1 heteroatoms. The molecule has 1 aliphatic carbocycles. The van der Waals surface area contributed by atoms with E-state index in [1.807, 2.05) is 66.7 Å². The van der Waals surface area contributed by atoms with Crippen LogP contribution in [-0.4, -0.2) is 5.11 Å². The van der Waals surface area contributed by atoms with Gasteiger partial charge in [0, 0.05) is 11.1 Å². The van der Waals surface area contributed by atoms with Crippen molar-refractivity contribution in [2.75, 3.05) is 0 Å². The van der Waals surface area contributed by atoms with Crippen LogP contribution in [0.3, 0.4) is 0 Å². The maximum absolute atomic E-state index is 11.4. The minimum Gasteiger partial charge on any atom is -0.376 e. The highest BCUT2D eigenvalue weighted by molar-refractivity contribution is 5.97. The second-order valence-electron chi connectivity index (χ2n) is 5.59. The van der Waals surface area contributed by atoms with E-state index in [1.165, 1.54) is 0 Å². The number of benzene rings is 3. The molecule has 3 aromatic rings. The van der Waals surface area contributed by atoms with Crippen LogP contribution >= 0.6 is 0 Å². The minimum atomic E-state index is -1.02. The van der Waals surface area contributed by atoms with Gasteiger partial charge in [-0.3, -0.25) is 0 Å². The van der Waals surface area contributed by atoms with Gasteiger partial charge in [0.2, 0.25) is 0 Å². The Hall–Kier alpha value is -2.64. The van der Waals surface area contributed by atoms with Gasteiger partial charge in [0.25, 0.3) is 0 Å². The van der Waals surface area contributed by atoms with Crippen molar-refractivity contribution in [3.63, 3.8) is 0 Å². The first-order chi connectivity index (χ1) is 10.8. The van der Waals surface area contributed by atoms with Crippen molar-refractivity contribution >= 4 is 11.6 Å². The van der Waals surface area contributed by atoms with E-state index in [0.29, 0.717) is 0 Å². The second-order valence-corrected chi connectivity index (χ2v) is 5.59. The van der Waals surface area contributed by atoms with Crippen molar-refractivity contribution < 1.29 is 5.11 Å². The molecule has 1 aliphatic rings. The molecule has 0 spiro atoms. The van der Waals surface area contributed by atoms with Gasteiger partial charge < -0.3 is 5.11 Å². The summed E-state index contributed by atoms with van der Waals surface area (Å²) in [4.78, 5) is 0. The SMILES string of the molecule is OC1(c2ccccc2)/C(=C/c2ccccc2)c2ccccc21. The molecule has 0 aliphatic heterocycles. The fourth-order valence-corrected chi connectivity index (χ4v) is 3.20. The summed E-state index contributed by atoms with van der Waals surface area (Å²) in [5.41, 5.74) is 4.05. The molecule has 22 heavy (non-hydrogen) atoms. The zero-order valence-electron chi connectivity index (χ0n) is 12.1. The first-order valence-corrected chi connectivity index (χ1v) is 7.45.